The molecule has 2 aromatic carbocycles. The molecule has 4 nitrogen and oxygen atoms in total. The van der Waals surface area contributed by atoms with E-state index in [1.807, 2.05) is 0 Å². The molecule has 0 aliphatic carbocycles. The Balaban J connectivity index is 1.90. The highest BCUT2D eigenvalue weighted by Crippen LogP contribution is 2.39. The number of anilines is 1. The largest absolute Gasteiger partial charge is 0.454 e. The number of carbonyl (C=O) groups excluding carboxylic acids is 1. The second kappa shape index (κ2) is 5.54. The van der Waals surface area contributed by atoms with Crippen LogP contribution in [0.15, 0.2) is 34.8 Å². The Morgan fingerprint density at radius 1 is 1.29 bits per heavy atom. The molecular formula is C14H8BrClFNO3. The van der Waals surface area contributed by atoms with Gasteiger partial charge in [-0.1, -0.05) is 17.7 Å². The first kappa shape index (κ1) is 14.2. The lowest BCUT2D eigenvalue weighted by molar-refractivity contribution is 0.102. The molecule has 0 fully saturated rings. The molecule has 0 aromatic heterocycles. The predicted octanol–water partition coefficient (Wildman–Crippen LogP) is 4.22. The summed E-state index contributed by atoms with van der Waals surface area (Å²) < 4.78 is 23.9. The zero-order valence-electron chi connectivity index (χ0n) is 10.5. The number of rotatable bonds is 2. The Labute approximate surface area is 132 Å². The van der Waals surface area contributed by atoms with Crippen LogP contribution in [0.1, 0.15) is 10.4 Å². The number of nitrogens with one attached hydrogen (secondary N) is 1. The zero-order valence-corrected chi connectivity index (χ0v) is 12.8. The number of fused-ring (bicyclic) bond motifs is 1. The Bertz CT molecular complexity index is 738. The third-order valence-electron chi connectivity index (χ3n) is 2.91. The highest BCUT2D eigenvalue weighted by atomic mass is 79.9. The van der Waals surface area contributed by atoms with Gasteiger partial charge in [-0.25, -0.2) is 4.39 Å². The Morgan fingerprint density at radius 2 is 2.00 bits per heavy atom. The van der Waals surface area contributed by atoms with Gasteiger partial charge in [-0.15, -0.1) is 0 Å². The molecule has 0 bridgehead atoms. The average Bonchev–Trinajstić information content (AvgIpc) is 2.89. The van der Waals surface area contributed by atoms with Crippen molar-refractivity contribution in [1.82, 2.24) is 0 Å². The van der Waals surface area contributed by atoms with Crippen LogP contribution in [-0.2, 0) is 0 Å². The van der Waals surface area contributed by atoms with E-state index in [1.54, 1.807) is 12.1 Å². The van der Waals surface area contributed by atoms with Crippen molar-refractivity contribution in [3.05, 3.63) is 51.2 Å². The van der Waals surface area contributed by atoms with Crippen molar-refractivity contribution >= 4 is 39.1 Å². The lowest BCUT2D eigenvalue weighted by Crippen LogP contribution is -2.13. The highest BCUT2D eigenvalue weighted by Gasteiger charge is 2.19. The summed E-state index contributed by atoms with van der Waals surface area (Å²) in [6, 6.07) is 7.34. The summed E-state index contributed by atoms with van der Waals surface area (Å²) in [5, 5.41) is 2.93. The van der Waals surface area contributed by atoms with Crippen molar-refractivity contribution in [1.29, 1.82) is 0 Å². The van der Waals surface area contributed by atoms with Crippen molar-refractivity contribution in [2.45, 2.75) is 0 Å². The van der Waals surface area contributed by atoms with Gasteiger partial charge in [-0.2, -0.15) is 0 Å². The van der Waals surface area contributed by atoms with Crippen LogP contribution >= 0.6 is 27.5 Å². The number of amides is 1. The van der Waals surface area contributed by atoms with Gasteiger partial charge in [0.2, 0.25) is 6.79 Å². The molecule has 7 heteroatoms. The lowest BCUT2D eigenvalue weighted by atomic mass is 10.2. The average molecular weight is 373 g/mol. The minimum Gasteiger partial charge on any atom is -0.454 e. The Morgan fingerprint density at radius 3 is 2.76 bits per heavy atom. The molecule has 108 valence electrons. The molecule has 1 heterocycles. The van der Waals surface area contributed by atoms with Crippen molar-refractivity contribution in [2.24, 2.45) is 0 Å². The first-order valence-corrected chi connectivity index (χ1v) is 7.08. The maximum Gasteiger partial charge on any atom is 0.256 e. The molecule has 1 N–H and O–H groups in total. The summed E-state index contributed by atoms with van der Waals surface area (Å²) in [6.07, 6.45) is 0. The number of hydrogen-bond acceptors (Lipinski definition) is 3. The second-order valence-corrected chi connectivity index (χ2v) is 5.44. The summed E-state index contributed by atoms with van der Waals surface area (Å²) in [5.74, 6) is 0.0134. The van der Waals surface area contributed by atoms with Gasteiger partial charge >= 0.3 is 0 Å². The fraction of sp³-hybridized carbons (Fsp3) is 0.0714. The Kier molecular flexibility index (Phi) is 3.73. The molecule has 2 aromatic rings. The summed E-state index contributed by atoms with van der Waals surface area (Å²) in [6.45, 7) is 0.110. The van der Waals surface area contributed by atoms with E-state index in [2.05, 4.69) is 21.2 Å². The van der Waals surface area contributed by atoms with E-state index in [-0.39, 0.29) is 16.8 Å². The number of carbonyl (C=O) groups is 1. The third kappa shape index (κ3) is 2.69. The lowest BCUT2D eigenvalue weighted by Gasteiger charge is -2.09. The third-order valence-corrected chi connectivity index (χ3v) is 4.03. The van der Waals surface area contributed by atoms with Crippen molar-refractivity contribution in [2.75, 3.05) is 12.1 Å². The van der Waals surface area contributed by atoms with Crippen LogP contribution in [0.2, 0.25) is 5.02 Å². The van der Waals surface area contributed by atoms with E-state index < -0.39 is 11.7 Å². The van der Waals surface area contributed by atoms with E-state index in [4.69, 9.17) is 21.1 Å². The maximum atomic E-state index is 13.4. The molecule has 0 spiro atoms. The first-order chi connectivity index (χ1) is 10.1. The monoisotopic (exact) mass is 371 g/mol. The van der Waals surface area contributed by atoms with Crippen LogP contribution in [0.4, 0.5) is 10.1 Å². The van der Waals surface area contributed by atoms with E-state index >= 15 is 0 Å². The normalized spacial score (nSPS) is 12.3. The van der Waals surface area contributed by atoms with E-state index in [9.17, 15) is 9.18 Å². The van der Waals surface area contributed by atoms with Crippen LogP contribution < -0.4 is 14.8 Å². The minimum atomic E-state index is -0.514. The van der Waals surface area contributed by atoms with Gasteiger partial charge in [-0.05, 0) is 28.1 Å². The van der Waals surface area contributed by atoms with Crippen molar-refractivity contribution in [3.63, 3.8) is 0 Å². The number of benzene rings is 2. The summed E-state index contributed by atoms with van der Waals surface area (Å²) in [4.78, 5) is 12.2. The minimum absolute atomic E-state index is 0.0966. The Hall–Kier alpha value is -1.79. The van der Waals surface area contributed by atoms with Crippen LogP contribution in [0, 0.1) is 5.82 Å². The summed E-state index contributed by atoms with van der Waals surface area (Å²) in [5.41, 5.74) is 0.533. The second-order valence-electron chi connectivity index (χ2n) is 4.24. The summed E-state index contributed by atoms with van der Waals surface area (Å²) in [7, 11) is 0. The van der Waals surface area contributed by atoms with Gasteiger partial charge in [0.1, 0.15) is 5.82 Å². The van der Waals surface area contributed by atoms with Crippen LogP contribution in [0.5, 0.6) is 11.5 Å². The smallest absolute Gasteiger partial charge is 0.256 e. The van der Waals surface area contributed by atoms with Gasteiger partial charge in [0, 0.05) is 12.1 Å². The molecule has 1 aliphatic rings. The van der Waals surface area contributed by atoms with Gasteiger partial charge in [-0.3, -0.25) is 4.79 Å². The quantitative estimate of drug-likeness (QED) is 0.858. The van der Waals surface area contributed by atoms with E-state index in [0.29, 0.717) is 22.2 Å². The topological polar surface area (TPSA) is 47.6 Å². The van der Waals surface area contributed by atoms with Crippen LogP contribution in [0.25, 0.3) is 0 Å². The fourth-order valence-corrected chi connectivity index (χ4v) is 2.53. The molecule has 0 radical (unpaired) electrons. The predicted molar refractivity (Wildman–Crippen MR) is 79.6 cm³/mol. The highest BCUT2D eigenvalue weighted by molar-refractivity contribution is 9.10. The molecule has 0 saturated heterocycles. The maximum absolute atomic E-state index is 13.4. The fourth-order valence-electron chi connectivity index (χ4n) is 1.88. The molecule has 0 atom stereocenters. The molecule has 3 rings (SSSR count). The zero-order chi connectivity index (χ0) is 15.0. The van der Waals surface area contributed by atoms with Gasteiger partial charge in [0.05, 0.1) is 20.7 Å². The molecular weight excluding hydrogens is 365 g/mol. The van der Waals surface area contributed by atoms with Gasteiger partial charge < -0.3 is 14.8 Å². The molecule has 0 unspecified atom stereocenters. The van der Waals surface area contributed by atoms with E-state index in [1.165, 1.54) is 18.2 Å². The number of halogens is 3. The molecule has 1 amide bonds. The SMILES string of the molecule is O=C(Nc1cc2c(cc1Cl)OCO2)c1cccc(F)c1Br. The molecule has 0 saturated carbocycles. The van der Waals surface area contributed by atoms with Crippen LogP contribution in [0.3, 0.4) is 0 Å². The van der Waals surface area contributed by atoms with Crippen molar-refractivity contribution < 1.29 is 18.7 Å². The van der Waals surface area contributed by atoms with E-state index in [0.717, 1.165) is 0 Å². The number of hydrogen-bond donors (Lipinski definition) is 1. The van der Waals surface area contributed by atoms with Crippen LogP contribution in [-0.4, -0.2) is 12.7 Å². The number of ether oxygens (including phenoxy) is 2. The van der Waals surface area contributed by atoms with Gasteiger partial charge in [0.25, 0.3) is 5.91 Å². The first-order valence-electron chi connectivity index (χ1n) is 5.91. The van der Waals surface area contributed by atoms with Crippen molar-refractivity contribution in [3.8, 4) is 11.5 Å². The molecule has 21 heavy (non-hydrogen) atoms. The standard InChI is InChI=1S/C14H8BrClFNO3/c15-13-7(2-1-3-9(13)17)14(19)18-10-5-12-11(4-8(10)16)20-6-21-12/h1-5H,6H2,(H,18,19). The molecule has 1 aliphatic heterocycles. The van der Waals surface area contributed by atoms with Gasteiger partial charge in [0.15, 0.2) is 11.5 Å². The summed E-state index contributed by atoms with van der Waals surface area (Å²) >= 11 is 9.12.